The van der Waals surface area contributed by atoms with Crippen molar-refractivity contribution in [2.24, 2.45) is 11.8 Å². The Bertz CT molecular complexity index is 660. The Balaban J connectivity index is 2.08. The molecule has 2 atom stereocenters. The highest BCUT2D eigenvalue weighted by Gasteiger charge is 2.31. The minimum absolute atomic E-state index is 0.0420. The van der Waals surface area contributed by atoms with Crippen molar-refractivity contribution in [1.82, 2.24) is 4.90 Å². The molecule has 0 aliphatic carbocycles. The number of rotatable bonds is 7. The fourth-order valence-corrected chi connectivity index (χ4v) is 3.49. The molecule has 7 heteroatoms. The van der Waals surface area contributed by atoms with Crippen LogP contribution in [0.25, 0.3) is 0 Å². The van der Waals surface area contributed by atoms with E-state index >= 15 is 0 Å². The molecule has 7 nitrogen and oxygen atoms in total. The number of aryl methyl sites for hydroxylation is 1. The third kappa shape index (κ3) is 4.39. The zero-order valence-corrected chi connectivity index (χ0v) is 15.8. The van der Waals surface area contributed by atoms with E-state index in [1.165, 1.54) is 7.11 Å². The topological polar surface area (TPSA) is 85.3 Å². The summed E-state index contributed by atoms with van der Waals surface area (Å²) in [7, 11) is 4.64. The Morgan fingerprint density at radius 3 is 2.38 bits per heavy atom. The number of ether oxygens (including phenoxy) is 3. The number of benzene rings is 1. The van der Waals surface area contributed by atoms with Crippen molar-refractivity contribution in [3.63, 3.8) is 0 Å². The van der Waals surface area contributed by atoms with Gasteiger partial charge in [-0.2, -0.15) is 0 Å². The van der Waals surface area contributed by atoms with Gasteiger partial charge in [-0.1, -0.05) is 13.0 Å². The first-order valence-electron chi connectivity index (χ1n) is 8.69. The number of amides is 1. The zero-order valence-electron chi connectivity index (χ0n) is 15.8. The van der Waals surface area contributed by atoms with E-state index in [0.29, 0.717) is 36.6 Å². The maximum absolute atomic E-state index is 12.6. The highest BCUT2D eigenvalue weighted by molar-refractivity contribution is 5.78. The lowest BCUT2D eigenvalue weighted by molar-refractivity contribution is -0.146. The number of carbonyl (C=O) groups is 2. The molecule has 1 fully saturated rings. The summed E-state index contributed by atoms with van der Waals surface area (Å²) in [6, 6.07) is 3.64. The number of carbonyl (C=O) groups excluding carboxylic acids is 1. The molecule has 1 aromatic rings. The van der Waals surface area contributed by atoms with Crippen molar-refractivity contribution in [1.29, 1.82) is 0 Å². The van der Waals surface area contributed by atoms with Gasteiger partial charge in [0.25, 0.3) is 0 Å². The van der Waals surface area contributed by atoms with Crippen LogP contribution >= 0.6 is 0 Å². The van der Waals surface area contributed by atoms with Crippen molar-refractivity contribution < 1.29 is 28.9 Å². The molecule has 0 radical (unpaired) electrons. The molecule has 2 unspecified atom stereocenters. The highest BCUT2D eigenvalue weighted by atomic mass is 16.5. The summed E-state index contributed by atoms with van der Waals surface area (Å²) in [5.41, 5.74) is 0.846. The molecule has 1 saturated heterocycles. The molecule has 26 heavy (non-hydrogen) atoms. The lowest BCUT2D eigenvalue weighted by atomic mass is 9.90. The van der Waals surface area contributed by atoms with Gasteiger partial charge in [-0.15, -0.1) is 0 Å². The molecular weight excluding hydrogens is 338 g/mol. The van der Waals surface area contributed by atoms with Crippen molar-refractivity contribution in [2.75, 3.05) is 34.4 Å². The van der Waals surface area contributed by atoms with Gasteiger partial charge in [0.05, 0.1) is 27.2 Å². The minimum atomic E-state index is -0.837. The SMILES string of the molecule is COc1ccc(CCC(=O)N2CC(C)CC(C(=O)O)C2)c(OC)c1OC. The van der Waals surface area contributed by atoms with E-state index in [1.54, 1.807) is 25.2 Å². The smallest absolute Gasteiger partial charge is 0.308 e. The number of aliphatic carboxylic acids is 1. The average Bonchev–Trinajstić information content (AvgIpc) is 2.64. The molecule has 1 heterocycles. The molecule has 1 N–H and O–H groups in total. The lowest BCUT2D eigenvalue weighted by Gasteiger charge is -2.34. The number of likely N-dealkylation sites (tertiary alicyclic amines) is 1. The van der Waals surface area contributed by atoms with Crippen LogP contribution in [0, 0.1) is 11.8 Å². The number of carboxylic acid groups (broad SMARTS) is 1. The van der Waals surface area contributed by atoms with Crippen LogP contribution in [0.3, 0.4) is 0 Å². The van der Waals surface area contributed by atoms with Crippen LogP contribution < -0.4 is 14.2 Å². The number of piperidine rings is 1. The quantitative estimate of drug-likeness (QED) is 0.797. The second-order valence-electron chi connectivity index (χ2n) is 6.67. The average molecular weight is 365 g/mol. The highest BCUT2D eigenvalue weighted by Crippen LogP contribution is 2.40. The molecular formula is C19H27NO6. The Hall–Kier alpha value is -2.44. The molecule has 1 aromatic carbocycles. The van der Waals surface area contributed by atoms with Crippen LogP contribution in [0.15, 0.2) is 12.1 Å². The molecule has 0 saturated carbocycles. The predicted molar refractivity (Wildman–Crippen MR) is 95.9 cm³/mol. The zero-order chi connectivity index (χ0) is 19.3. The third-order valence-electron chi connectivity index (χ3n) is 4.76. The van der Waals surface area contributed by atoms with Crippen LogP contribution in [0.4, 0.5) is 0 Å². The van der Waals surface area contributed by atoms with Gasteiger partial charge in [-0.25, -0.2) is 0 Å². The summed E-state index contributed by atoms with van der Waals surface area (Å²) in [5.74, 6) is 0.430. The Kier molecular flexibility index (Phi) is 6.71. The van der Waals surface area contributed by atoms with Gasteiger partial charge in [0.2, 0.25) is 11.7 Å². The summed E-state index contributed by atoms with van der Waals surface area (Å²) in [6.45, 7) is 2.86. The maximum atomic E-state index is 12.6. The first kappa shape index (κ1) is 19.9. The molecule has 2 rings (SSSR count). The number of hydrogen-bond acceptors (Lipinski definition) is 5. The lowest BCUT2D eigenvalue weighted by Crippen LogP contribution is -2.45. The van der Waals surface area contributed by atoms with Gasteiger partial charge in [0, 0.05) is 19.5 Å². The molecule has 0 spiro atoms. The summed E-state index contributed by atoms with van der Waals surface area (Å²) in [6.07, 6.45) is 1.37. The van der Waals surface area contributed by atoms with E-state index in [4.69, 9.17) is 14.2 Å². The number of hydrogen-bond donors (Lipinski definition) is 1. The van der Waals surface area contributed by atoms with Crippen LogP contribution in [-0.2, 0) is 16.0 Å². The van der Waals surface area contributed by atoms with Gasteiger partial charge >= 0.3 is 5.97 Å². The van der Waals surface area contributed by atoms with E-state index in [9.17, 15) is 14.7 Å². The summed E-state index contributed by atoms with van der Waals surface area (Å²) in [4.78, 5) is 25.5. The van der Waals surface area contributed by atoms with Crippen LogP contribution in [0.2, 0.25) is 0 Å². The number of carboxylic acids is 1. The van der Waals surface area contributed by atoms with E-state index in [2.05, 4.69) is 0 Å². The Morgan fingerprint density at radius 1 is 1.12 bits per heavy atom. The summed E-state index contributed by atoms with van der Waals surface area (Å²) < 4.78 is 16.1. The second-order valence-corrected chi connectivity index (χ2v) is 6.67. The first-order chi connectivity index (χ1) is 12.4. The molecule has 1 amide bonds. The monoisotopic (exact) mass is 365 g/mol. The van der Waals surface area contributed by atoms with Crippen LogP contribution in [0.5, 0.6) is 17.2 Å². The summed E-state index contributed by atoms with van der Waals surface area (Å²) >= 11 is 0. The predicted octanol–water partition coefficient (Wildman–Crippen LogP) is 2.21. The van der Waals surface area contributed by atoms with Crippen LogP contribution in [-0.4, -0.2) is 56.3 Å². The van der Waals surface area contributed by atoms with Gasteiger partial charge in [0.15, 0.2) is 11.5 Å². The third-order valence-corrected chi connectivity index (χ3v) is 4.76. The Morgan fingerprint density at radius 2 is 1.81 bits per heavy atom. The van der Waals surface area contributed by atoms with E-state index in [0.717, 1.165) is 5.56 Å². The van der Waals surface area contributed by atoms with Crippen molar-refractivity contribution in [3.8, 4) is 17.2 Å². The minimum Gasteiger partial charge on any atom is -0.493 e. The first-order valence-corrected chi connectivity index (χ1v) is 8.69. The number of methoxy groups -OCH3 is 3. The van der Waals surface area contributed by atoms with Gasteiger partial charge in [-0.05, 0) is 30.4 Å². The second kappa shape index (κ2) is 8.78. The van der Waals surface area contributed by atoms with Crippen molar-refractivity contribution >= 4 is 11.9 Å². The standard InChI is InChI=1S/C19H27NO6/c1-12-9-14(19(22)23)11-20(10-12)16(21)8-6-13-5-7-15(24-2)18(26-4)17(13)25-3/h5,7,12,14H,6,8-11H2,1-4H3,(H,22,23). The van der Waals surface area contributed by atoms with Crippen molar-refractivity contribution in [3.05, 3.63) is 17.7 Å². The fourth-order valence-electron chi connectivity index (χ4n) is 3.49. The summed E-state index contributed by atoms with van der Waals surface area (Å²) in [5, 5.41) is 9.26. The van der Waals surface area contributed by atoms with E-state index in [-0.39, 0.29) is 24.8 Å². The molecule has 144 valence electrons. The Labute approximate surface area is 153 Å². The van der Waals surface area contributed by atoms with Crippen molar-refractivity contribution in [2.45, 2.75) is 26.2 Å². The molecule has 1 aliphatic heterocycles. The van der Waals surface area contributed by atoms with Gasteiger partial charge < -0.3 is 24.2 Å². The molecule has 0 bridgehead atoms. The van der Waals surface area contributed by atoms with Crippen LogP contribution in [0.1, 0.15) is 25.3 Å². The van der Waals surface area contributed by atoms with Gasteiger partial charge in [-0.3, -0.25) is 9.59 Å². The fraction of sp³-hybridized carbons (Fsp3) is 0.579. The normalized spacial score (nSPS) is 19.8. The molecule has 0 aromatic heterocycles. The number of nitrogens with zero attached hydrogens (tertiary/aromatic N) is 1. The van der Waals surface area contributed by atoms with Gasteiger partial charge in [0.1, 0.15) is 0 Å². The molecule has 1 aliphatic rings. The van der Waals surface area contributed by atoms with E-state index < -0.39 is 11.9 Å². The maximum Gasteiger partial charge on any atom is 0.308 e. The largest absolute Gasteiger partial charge is 0.493 e. The van der Waals surface area contributed by atoms with E-state index in [1.807, 2.05) is 13.0 Å².